The topological polar surface area (TPSA) is 75.6 Å². The van der Waals surface area contributed by atoms with Gasteiger partial charge in [-0.15, -0.1) is 0 Å². The molecule has 1 aromatic carbocycles. The molecule has 1 aliphatic heterocycles. The maximum absolute atomic E-state index is 11.7. The van der Waals surface area contributed by atoms with E-state index in [1.165, 1.54) is 5.56 Å². The van der Waals surface area contributed by atoms with Crippen LogP contribution in [0.25, 0.3) is 0 Å². The highest BCUT2D eigenvalue weighted by molar-refractivity contribution is 5.85. The molecule has 1 aliphatic carbocycles. The van der Waals surface area contributed by atoms with Crippen LogP contribution in [0.4, 0.5) is 0 Å². The molecule has 5 nitrogen and oxygen atoms in total. The number of benzene rings is 1. The highest BCUT2D eigenvalue weighted by Crippen LogP contribution is 2.37. The number of carboxylic acid groups (broad SMARTS) is 1. The van der Waals surface area contributed by atoms with E-state index < -0.39 is 17.6 Å². The van der Waals surface area contributed by atoms with E-state index in [1.54, 1.807) is 0 Å². The van der Waals surface area contributed by atoms with Crippen LogP contribution in [0.1, 0.15) is 45.1 Å². The predicted molar refractivity (Wildman–Crippen MR) is 93.6 cm³/mol. The molecular formula is C20H25NO4. The van der Waals surface area contributed by atoms with Gasteiger partial charge < -0.3 is 15.2 Å². The van der Waals surface area contributed by atoms with Crippen LogP contribution < -0.4 is 5.32 Å². The lowest BCUT2D eigenvalue weighted by atomic mass is 9.76. The summed E-state index contributed by atoms with van der Waals surface area (Å²) < 4.78 is 6.08. The fourth-order valence-corrected chi connectivity index (χ4v) is 3.77. The van der Waals surface area contributed by atoms with Gasteiger partial charge in [0.15, 0.2) is 5.72 Å². The Morgan fingerprint density at radius 1 is 1.32 bits per heavy atom. The van der Waals surface area contributed by atoms with Crippen molar-refractivity contribution in [1.29, 1.82) is 0 Å². The van der Waals surface area contributed by atoms with E-state index in [2.05, 4.69) is 17.4 Å². The standard InChI is InChI=1S/C20H25NO4/c1-20(2)21-17(10-13-6-4-3-5-7-13)18(25-20)11-14-8-9-15(22)12-16(14)19(23)24/h3-7,14,16,21H,8-12H2,1-2H3,(H,23,24). The molecule has 1 saturated carbocycles. The van der Waals surface area contributed by atoms with Crippen molar-refractivity contribution in [2.75, 3.05) is 0 Å². The quantitative estimate of drug-likeness (QED) is 0.858. The van der Waals surface area contributed by atoms with E-state index in [4.69, 9.17) is 4.74 Å². The first-order chi connectivity index (χ1) is 11.8. The molecule has 0 saturated heterocycles. The van der Waals surface area contributed by atoms with Crippen molar-refractivity contribution in [2.24, 2.45) is 11.8 Å². The predicted octanol–water partition coefficient (Wildman–Crippen LogP) is 3.26. The van der Waals surface area contributed by atoms with Crippen molar-refractivity contribution in [1.82, 2.24) is 5.32 Å². The molecule has 3 rings (SSSR count). The molecule has 1 heterocycles. The van der Waals surface area contributed by atoms with Crippen molar-refractivity contribution in [3.8, 4) is 0 Å². The van der Waals surface area contributed by atoms with Gasteiger partial charge in [-0.3, -0.25) is 9.59 Å². The molecular weight excluding hydrogens is 318 g/mol. The molecule has 2 atom stereocenters. The van der Waals surface area contributed by atoms with E-state index >= 15 is 0 Å². The smallest absolute Gasteiger partial charge is 0.307 e. The first-order valence-electron chi connectivity index (χ1n) is 8.82. The maximum atomic E-state index is 11.7. The van der Waals surface area contributed by atoms with E-state index in [9.17, 15) is 14.7 Å². The lowest BCUT2D eigenvalue weighted by Gasteiger charge is -2.28. The number of carboxylic acids is 1. The van der Waals surface area contributed by atoms with Crippen LogP contribution in [-0.4, -0.2) is 22.6 Å². The van der Waals surface area contributed by atoms with Gasteiger partial charge in [-0.25, -0.2) is 0 Å². The lowest BCUT2D eigenvalue weighted by Crippen LogP contribution is -2.35. The summed E-state index contributed by atoms with van der Waals surface area (Å²) in [6.45, 7) is 3.92. The monoisotopic (exact) mass is 343 g/mol. The summed E-state index contributed by atoms with van der Waals surface area (Å²) in [6, 6.07) is 10.1. The molecule has 0 aromatic heterocycles. The zero-order chi connectivity index (χ0) is 18.0. The zero-order valence-corrected chi connectivity index (χ0v) is 14.7. The van der Waals surface area contributed by atoms with E-state index in [0.717, 1.165) is 17.9 Å². The first kappa shape index (κ1) is 17.5. The summed E-state index contributed by atoms with van der Waals surface area (Å²) in [4.78, 5) is 23.2. The number of hydrogen-bond donors (Lipinski definition) is 2. The van der Waals surface area contributed by atoms with Gasteiger partial charge in [-0.2, -0.15) is 0 Å². The minimum absolute atomic E-state index is 0.0490. The number of carbonyl (C=O) groups excluding carboxylic acids is 1. The van der Waals surface area contributed by atoms with Crippen molar-refractivity contribution in [2.45, 2.75) is 51.7 Å². The molecule has 0 bridgehead atoms. The van der Waals surface area contributed by atoms with Crippen LogP contribution in [0, 0.1) is 11.8 Å². The molecule has 2 aliphatic rings. The minimum atomic E-state index is -0.881. The summed E-state index contributed by atoms with van der Waals surface area (Å²) >= 11 is 0. The van der Waals surface area contributed by atoms with Gasteiger partial charge in [0, 0.05) is 25.7 Å². The van der Waals surface area contributed by atoms with Gasteiger partial charge in [0.1, 0.15) is 11.5 Å². The zero-order valence-electron chi connectivity index (χ0n) is 14.7. The Hall–Kier alpha value is -2.30. The van der Waals surface area contributed by atoms with E-state index in [0.29, 0.717) is 19.3 Å². The summed E-state index contributed by atoms with van der Waals surface area (Å²) in [6.07, 6.45) is 2.50. The normalized spacial score (nSPS) is 25.4. The van der Waals surface area contributed by atoms with Gasteiger partial charge in [0.05, 0.1) is 11.6 Å². The Morgan fingerprint density at radius 3 is 2.72 bits per heavy atom. The van der Waals surface area contributed by atoms with Crippen LogP contribution >= 0.6 is 0 Å². The lowest BCUT2D eigenvalue weighted by molar-refractivity contribution is -0.147. The number of hydrogen-bond acceptors (Lipinski definition) is 4. The van der Waals surface area contributed by atoms with Gasteiger partial charge in [0.25, 0.3) is 0 Å². The Morgan fingerprint density at radius 2 is 2.04 bits per heavy atom. The van der Waals surface area contributed by atoms with Gasteiger partial charge in [0.2, 0.25) is 0 Å². The molecule has 1 aromatic rings. The number of ketones is 1. The Kier molecular flexibility index (Phi) is 4.84. The summed E-state index contributed by atoms with van der Waals surface area (Å²) in [5.41, 5.74) is 1.69. The second-order valence-electron chi connectivity index (χ2n) is 7.49. The van der Waals surface area contributed by atoms with Crippen molar-refractivity contribution >= 4 is 11.8 Å². The third-order valence-corrected chi connectivity index (χ3v) is 4.97. The van der Waals surface area contributed by atoms with Crippen LogP contribution in [0.5, 0.6) is 0 Å². The molecule has 25 heavy (non-hydrogen) atoms. The molecule has 134 valence electrons. The number of ether oxygens (including phenoxy) is 1. The molecule has 0 radical (unpaired) electrons. The second-order valence-corrected chi connectivity index (χ2v) is 7.49. The average Bonchev–Trinajstić information content (AvgIpc) is 2.83. The summed E-state index contributed by atoms with van der Waals surface area (Å²) in [5, 5.41) is 12.9. The van der Waals surface area contributed by atoms with Gasteiger partial charge in [-0.05, 0) is 31.7 Å². The molecule has 2 unspecified atom stereocenters. The van der Waals surface area contributed by atoms with Crippen LogP contribution in [0.15, 0.2) is 41.8 Å². The fourth-order valence-electron chi connectivity index (χ4n) is 3.77. The Labute approximate surface area is 148 Å². The average molecular weight is 343 g/mol. The van der Waals surface area contributed by atoms with E-state index in [-0.39, 0.29) is 18.1 Å². The number of rotatable bonds is 5. The highest BCUT2D eigenvalue weighted by atomic mass is 16.5. The van der Waals surface area contributed by atoms with Crippen LogP contribution in [0.3, 0.4) is 0 Å². The number of aliphatic carboxylic acids is 1. The largest absolute Gasteiger partial charge is 0.481 e. The number of carbonyl (C=O) groups is 2. The molecule has 2 N–H and O–H groups in total. The third kappa shape index (κ3) is 4.21. The van der Waals surface area contributed by atoms with Crippen LogP contribution in [0.2, 0.25) is 0 Å². The second kappa shape index (κ2) is 6.90. The Balaban J connectivity index is 1.80. The van der Waals surface area contributed by atoms with Crippen molar-refractivity contribution < 1.29 is 19.4 Å². The fraction of sp³-hybridized carbons (Fsp3) is 0.500. The van der Waals surface area contributed by atoms with Crippen molar-refractivity contribution in [3.05, 3.63) is 47.4 Å². The molecule has 1 fully saturated rings. The maximum Gasteiger partial charge on any atom is 0.307 e. The number of nitrogens with one attached hydrogen (secondary N) is 1. The molecule has 0 amide bonds. The van der Waals surface area contributed by atoms with Gasteiger partial charge in [-0.1, -0.05) is 30.3 Å². The van der Waals surface area contributed by atoms with Crippen molar-refractivity contribution in [3.63, 3.8) is 0 Å². The number of allylic oxidation sites excluding steroid dienone is 2. The summed E-state index contributed by atoms with van der Waals surface area (Å²) in [5.74, 6) is -0.674. The van der Waals surface area contributed by atoms with E-state index in [1.807, 2.05) is 32.0 Å². The summed E-state index contributed by atoms with van der Waals surface area (Å²) in [7, 11) is 0. The molecule has 5 heteroatoms. The Bertz CT molecular complexity index is 693. The van der Waals surface area contributed by atoms with Crippen LogP contribution in [-0.2, 0) is 20.7 Å². The first-order valence-corrected chi connectivity index (χ1v) is 8.82. The SMILES string of the molecule is CC1(C)NC(Cc2ccccc2)=C(CC2CCC(=O)CC2C(=O)O)O1. The molecule has 0 spiro atoms. The third-order valence-electron chi connectivity index (χ3n) is 4.97. The van der Waals surface area contributed by atoms with Gasteiger partial charge >= 0.3 is 5.97 Å². The number of Topliss-reactive ketones (excluding diaryl/α,β-unsaturated/α-hetero) is 1. The minimum Gasteiger partial charge on any atom is -0.481 e. The highest BCUT2D eigenvalue weighted by Gasteiger charge is 2.38.